The molecule has 0 spiro atoms. The van der Waals surface area contributed by atoms with E-state index in [1.165, 1.54) is 72.9 Å². The first-order valence-electron chi connectivity index (χ1n) is 47.5. The highest BCUT2D eigenvalue weighted by Crippen LogP contribution is 2.59. The number of anilines is 6. The van der Waals surface area contributed by atoms with Crippen LogP contribution in [0.1, 0.15) is 79.5 Å². The lowest BCUT2D eigenvalue weighted by molar-refractivity contribution is 0.584. The second-order valence-corrected chi connectivity index (χ2v) is 36.1. The summed E-state index contributed by atoms with van der Waals surface area (Å²) in [6.07, 6.45) is 13.3. The van der Waals surface area contributed by atoms with Crippen molar-refractivity contribution in [1.29, 1.82) is 0 Å². The Morgan fingerprint density at radius 2 is 0.486 bits per heavy atom. The quantitative estimate of drug-likeness (QED) is 0.107. The van der Waals surface area contributed by atoms with E-state index < -0.39 is 0 Å². The molecule has 6 atom stereocenters. The Hall–Kier alpha value is -18.2. The molecule has 0 saturated heterocycles. The molecular weight excluding hydrogens is 1720 g/mol. The van der Waals surface area contributed by atoms with Crippen LogP contribution in [0.15, 0.2) is 444 Å². The molecule has 0 saturated carbocycles. The van der Waals surface area contributed by atoms with Crippen molar-refractivity contribution in [3.8, 4) is 114 Å². The molecule has 3 aliphatic heterocycles. The fraction of sp³-hybridized carbons (Fsp3) is 0.0640. The minimum absolute atomic E-state index is 0.105. The predicted octanol–water partition coefficient (Wildman–Crippen LogP) is 30.2. The summed E-state index contributed by atoms with van der Waals surface area (Å²) in [6, 6.07) is 143. The van der Waals surface area contributed by atoms with Gasteiger partial charge in [-0.15, -0.1) is 0 Å². The number of furan rings is 3. The van der Waals surface area contributed by atoms with Gasteiger partial charge in [0.05, 0.1) is 18.1 Å². The molecular formula is C125H86N12O3. The first-order valence-corrected chi connectivity index (χ1v) is 47.5. The normalized spacial score (nSPS) is 16.2. The largest absolute Gasteiger partial charge is 0.456 e. The minimum Gasteiger partial charge on any atom is -0.456 e. The number of hydrogen-bond acceptors (Lipinski definition) is 15. The van der Waals surface area contributed by atoms with E-state index in [4.69, 9.17) is 58.1 Å². The molecule has 0 bridgehead atoms. The molecule has 664 valence electrons. The van der Waals surface area contributed by atoms with E-state index in [9.17, 15) is 0 Å². The lowest BCUT2D eigenvalue weighted by Gasteiger charge is -2.30. The fourth-order valence-electron chi connectivity index (χ4n) is 21.7. The zero-order valence-electron chi connectivity index (χ0n) is 76.3. The van der Waals surface area contributed by atoms with Gasteiger partial charge in [0.2, 0.25) is 0 Å². The maximum Gasteiger partial charge on any atom is 0.164 e. The Bertz CT molecular complexity index is 8450. The van der Waals surface area contributed by atoms with Crippen LogP contribution in [0.4, 0.5) is 34.1 Å². The maximum atomic E-state index is 6.76. The molecule has 22 aromatic rings. The van der Waals surface area contributed by atoms with Gasteiger partial charge in [-0.25, -0.2) is 44.9 Å². The van der Waals surface area contributed by atoms with Gasteiger partial charge in [-0.2, -0.15) is 0 Å². The highest BCUT2D eigenvalue weighted by Gasteiger charge is 2.47. The number of nitrogens with zero attached hydrogens (tertiary/aromatic N) is 12. The maximum absolute atomic E-state index is 6.76. The summed E-state index contributed by atoms with van der Waals surface area (Å²) < 4.78 is 20.0. The molecule has 6 aromatic heterocycles. The zero-order valence-corrected chi connectivity index (χ0v) is 76.3. The topological polar surface area (TPSA) is 165 Å². The molecule has 0 amide bonds. The smallest absolute Gasteiger partial charge is 0.164 e. The third kappa shape index (κ3) is 14.5. The monoisotopic (exact) mass is 1800 g/mol. The molecule has 16 aromatic carbocycles. The zero-order chi connectivity index (χ0) is 92.8. The summed E-state index contributed by atoms with van der Waals surface area (Å²) in [5, 5.41) is 3.40. The van der Waals surface area contributed by atoms with Crippen molar-refractivity contribution in [3.63, 3.8) is 0 Å². The van der Waals surface area contributed by atoms with Crippen LogP contribution in [0.2, 0.25) is 0 Å². The van der Waals surface area contributed by atoms with Gasteiger partial charge in [0.1, 0.15) is 34.0 Å². The van der Waals surface area contributed by atoms with E-state index in [1.54, 1.807) is 0 Å². The lowest BCUT2D eigenvalue weighted by atomic mass is 9.82. The van der Waals surface area contributed by atoms with Crippen molar-refractivity contribution in [1.82, 2.24) is 44.9 Å². The Kier molecular flexibility index (Phi) is 20.4. The second kappa shape index (κ2) is 34.6. The Morgan fingerprint density at radius 3 is 0.843 bits per heavy atom. The van der Waals surface area contributed by atoms with Crippen molar-refractivity contribution in [2.24, 2.45) is 0 Å². The van der Waals surface area contributed by atoms with Crippen LogP contribution in [-0.4, -0.2) is 63.0 Å². The summed E-state index contributed by atoms with van der Waals surface area (Å²) >= 11 is 0. The minimum atomic E-state index is 0.105. The second-order valence-electron chi connectivity index (χ2n) is 36.1. The van der Waals surface area contributed by atoms with Gasteiger partial charge < -0.3 is 28.0 Å². The van der Waals surface area contributed by atoms with Crippen LogP contribution < -0.4 is 14.7 Å². The molecule has 15 nitrogen and oxygen atoms in total. The Balaban J connectivity index is 0.000000108. The van der Waals surface area contributed by atoms with Crippen LogP contribution in [-0.2, 0) is 0 Å². The third-order valence-corrected chi connectivity index (χ3v) is 27.9. The number of hydrogen-bond donors (Lipinski definition) is 0. The van der Waals surface area contributed by atoms with Gasteiger partial charge in [-0.1, -0.05) is 340 Å². The van der Waals surface area contributed by atoms with E-state index in [0.29, 0.717) is 52.4 Å². The summed E-state index contributed by atoms with van der Waals surface area (Å²) in [7, 11) is 0. The van der Waals surface area contributed by atoms with Gasteiger partial charge in [0.15, 0.2) is 52.4 Å². The molecule has 140 heavy (non-hydrogen) atoms. The number of rotatable bonds is 13. The standard InChI is InChI=1S/C45H30N4O.2C40H28N4O/c1-5-15-29(16-6-1)34-27-36-40(28-35(34)45-47-43(30-17-7-2-8-18-30)46-44(48-45)31-19-9-3-10-20-31)50-39-26-25-38-41(42(36)39)33-23-13-14-24-37(33)49(38)32-21-11-4-12-22-32;1-25-23-28(40-42-38(26-13-5-2-6-14-26)41-39(43-40)27-15-7-3-8-16-27)24-34-35(25)37-33(45-34)22-21-32-36(37)30-19-11-12-20-31(30)44(32)29-17-9-4-10-18-29;1-25-23-31-35(24-30(25)40-42-38(26-13-5-2-6-14-26)41-39(43-40)27-15-7-3-8-16-27)45-34-22-21-33-36(37(31)34)29-19-11-12-20-32(29)44(33)28-17-9-4-10-18-28/h1-28,38,41H;2-24,32,36H,1H3;2-24,33,36H,1H3. The van der Waals surface area contributed by atoms with Crippen molar-refractivity contribution in [2.75, 3.05) is 14.7 Å². The van der Waals surface area contributed by atoms with E-state index in [0.717, 1.165) is 117 Å². The number of para-hydroxylation sites is 6. The van der Waals surface area contributed by atoms with Crippen LogP contribution >= 0.6 is 0 Å². The molecule has 6 unspecified atom stereocenters. The van der Waals surface area contributed by atoms with E-state index in [2.05, 4.69) is 289 Å². The van der Waals surface area contributed by atoms with Gasteiger partial charge >= 0.3 is 0 Å². The SMILES string of the molecule is C1=CC2C(c3ccccc3N2c2ccccc2)c2c1oc1cc(-c3nc(-c4ccccc4)nc(-c4ccccc4)n3)c(-c3ccccc3)cc21.Cc1cc(-c2nc(-c3ccccc3)nc(-c3ccccc3)n2)cc2oc3c(c12)C1c2ccccc2N(c2ccccc2)C1C=C3.Cc1cc2c3c(oc2cc1-c1nc(-c2ccccc2)nc(-c2ccccc2)n1)C=CC1C3c2ccccc2N1c1ccccc1. The molecule has 3 aliphatic carbocycles. The summed E-state index contributed by atoms with van der Waals surface area (Å²) in [4.78, 5) is 52.2. The van der Waals surface area contributed by atoms with Crippen molar-refractivity contribution in [3.05, 3.63) is 493 Å². The Morgan fingerprint density at radius 1 is 0.214 bits per heavy atom. The highest BCUT2D eigenvalue weighted by molar-refractivity contribution is 6.00. The van der Waals surface area contributed by atoms with E-state index >= 15 is 0 Å². The molecule has 0 fully saturated rings. The molecule has 15 heteroatoms. The average molecular weight is 1800 g/mol. The third-order valence-electron chi connectivity index (χ3n) is 27.9. The molecule has 28 rings (SSSR count). The van der Waals surface area contributed by atoms with Crippen LogP contribution in [0.25, 0.3) is 165 Å². The van der Waals surface area contributed by atoms with Crippen LogP contribution in [0, 0.1) is 13.8 Å². The van der Waals surface area contributed by atoms with E-state index in [-0.39, 0.29) is 35.9 Å². The Labute approximate surface area is 808 Å². The first-order chi connectivity index (χ1) is 69.2. The summed E-state index contributed by atoms with van der Waals surface area (Å²) in [6.45, 7) is 4.31. The summed E-state index contributed by atoms with van der Waals surface area (Å²) in [5.74, 6) is 8.82. The number of benzene rings is 16. The van der Waals surface area contributed by atoms with E-state index in [1.807, 2.05) is 188 Å². The lowest BCUT2D eigenvalue weighted by Crippen LogP contribution is -2.30. The average Bonchev–Trinajstić information content (AvgIpc) is 1.56. The van der Waals surface area contributed by atoms with Gasteiger partial charge in [-0.05, 0) is 162 Å². The highest BCUT2D eigenvalue weighted by atomic mass is 16.3. The van der Waals surface area contributed by atoms with Crippen LogP contribution in [0.5, 0.6) is 0 Å². The number of fused-ring (bicyclic) bond motifs is 21. The number of aromatic nitrogens is 9. The van der Waals surface area contributed by atoms with Crippen molar-refractivity contribution in [2.45, 2.75) is 49.7 Å². The predicted molar refractivity (Wildman–Crippen MR) is 562 cm³/mol. The fourth-order valence-corrected chi connectivity index (χ4v) is 21.7. The first kappa shape index (κ1) is 82.5. The molecule has 0 N–H and O–H groups in total. The van der Waals surface area contributed by atoms with Gasteiger partial charge in [0, 0.05) is 135 Å². The van der Waals surface area contributed by atoms with Crippen molar-refractivity contribution >= 4 is 85.3 Å². The molecule has 9 heterocycles. The molecule has 6 aliphatic rings. The van der Waals surface area contributed by atoms with Gasteiger partial charge in [0.25, 0.3) is 0 Å². The van der Waals surface area contributed by atoms with Crippen LogP contribution in [0.3, 0.4) is 0 Å². The number of aryl methyl sites for hydroxylation is 2. The van der Waals surface area contributed by atoms with Gasteiger partial charge in [-0.3, -0.25) is 0 Å². The molecule has 0 radical (unpaired) electrons. The van der Waals surface area contributed by atoms with Crippen molar-refractivity contribution < 1.29 is 13.3 Å². The summed E-state index contributed by atoms with van der Waals surface area (Å²) in [5.41, 5.74) is 30.2.